The van der Waals surface area contributed by atoms with Crippen molar-refractivity contribution in [2.75, 3.05) is 6.54 Å². The van der Waals surface area contributed by atoms with E-state index in [9.17, 15) is 4.79 Å². The van der Waals surface area contributed by atoms with Gasteiger partial charge >= 0.3 is 6.03 Å². The lowest BCUT2D eigenvalue weighted by Gasteiger charge is -2.09. The van der Waals surface area contributed by atoms with Gasteiger partial charge in [0, 0.05) is 19.3 Å². The predicted molar refractivity (Wildman–Crippen MR) is 93.6 cm³/mol. The molecule has 124 valence electrons. The van der Waals surface area contributed by atoms with Crippen molar-refractivity contribution < 1.29 is 4.79 Å². The number of aromatic nitrogens is 3. The summed E-state index contributed by atoms with van der Waals surface area (Å²) >= 11 is 0. The molecule has 0 aliphatic heterocycles. The first-order valence-electron chi connectivity index (χ1n) is 8.06. The molecule has 2 heterocycles. The molecule has 0 spiro atoms. The quantitative estimate of drug-likeness (QED) is 0.685. The Bertz CT molecular complexity index is 827. The molecule has 0 aliphatic carbocycles. The van der Waals surface area contributed by atoms with Crippen LogP contribution in [-0.2, 0) is 13.1 Å². The van der Waals surface area contributed by atoms with Crippen LogP contribution in [0.25, 0.3) is 11.0 Å². The molecule has 0 radical (unpaired) electrons. The number of carbonyl (C=O) groups excluding carboxylic acids is 1. The third-order valence-corrected chi connectivity index (χ3v) is 3.92. The Morgan fingerprint density at radius 3 is 2.88 bits per heavy atom. The Labute approximate surface area is 140 Å². The van der Waals surface area contributed by atoms with Gasteiger partial charge in [-0.15, -0.1) is 0 Å². The van der Waals surface area contributed by atoms with Gasteiger partial charge in [-0.1, -0.05) is 18.2 Å². The molecular formula is C18H21N5O. The summed E-state index contributed by atoms with van der Waals surface area (Å²) in [5.41, 5.74) is 4.07. The molecule has 3 rings (SSSR count). The van der Waals surface area contributed by atoms with Crippen LogP contribution in [0.4, 0.5) is 4.79 Å². The highest BCUT2D eigenvalue weighted by atomic mass is 16.2. The van der Waals surface area contributed by atoms with E-state index < -0.39 is 0 Å². The number of pyridine rings is 1. The molecule has 0 saturated carbocycles. The van der Waals surface area contributed by atoms with Gasteiger partial charge in [0.15, 0.2) is 0 Å². The van der Waals surface area contributed by atoms with Gasteiger partial charge in [0.25, 0.3) is 0 Å². The van der Waals surface area contributed by atoms with E-state index in [1.807, 2.05) is 43.6 Å². The van der Waals surface area contributed by atoms with Crippen LogP contribution < -0.4 is 10.6 Å². The molecule has 0 aliphatic rings. The Balaban J connectivity index is 1.40. The standard InChI is InChI=1S/C18H21N5O/c1-14-6-4-9-19-16(14)12-21-18(24)20-10-5-11-23-13-22-15-7-2-3-8-17(15)23/h2-4,6-9,13H,5,10-12H2,1H3,(H2,20,21,24). The van der Waals surface area contributed by atoms with Crippen LogP contribution in [0.15, 0.2) is 48.9 Å². The molecule has 2 aromatic heterocycles. The third kappa shape index (κ3) is 3.90. The van der Waals surface area contributed by atoms with Crippen LogP contribution in [0.3, 0.4) is 0 Å². The number of fused-ring (bicyclic) bond motifs is 1. The number of para-hydroxylation sites is 2. The first-order valence-corrected chi connectivity index (χ1v) is 8.06. The minimum absolute atomic E-state index is 0.171. The maximum Gasteiger partial charge on any atom is 0.315 e. The number of hydrogen-bond donors (Lipinski definition) is 2. The summed E-state index contributed by atoms with van der Waals surface area (Å²) in [6.07, 6.45) is 4.42. The van der Waals surface area contributed by atoms with E-state index in [-0.39, 0.29) is 6.03 Å². The van der Waals surface area contributed by atoms with E-state index in [2.05, 4.69) is 31.2 Å². The molecule has 2 amide bonds. The average Bonchev–Trinajstić information content (AvgIpc) is 3.01. The molecule has 1 aromatic carbocycles. The van der Waals surface area contributed by atoms with Gasteiger partial charge < -0.3 is 15.2 Å². The summed E-state index contributed by atoms with van der Waals surface area (Å²) in [6.45, 7) is 3.85. The lowest BCUT2D eigenvalue weighted by Crippen LogP contribution is -2.36. The van der Waals surface area contributed by atoms with Gasteiger partial charge in [0.2, 0.25) is 0 Å². The molecule has 0 fully saturated rings. The maximum absolute atomic E-state index is 11.8. The molecular weight excluding hydrogens is 302 g/mol. The number of hydrogen-bond acceptors (Lipinski definition) is 3. The van der Waals surface area contributed by atoms with Crippen LogP contribution in [0.2, 0.25) is 0 Å². The van der Waals surface area contributed by atoms with Crippen molar-refractivity contribution in [2.24, 2.45) is 0 Å². The predicted octanol–water partition coefficient (Wildman–Crippen LogP) is 2.63. The number of benzene rings is 1. The first-order chi connectivity index (χ1) is 11.7. The fraction of sp³-hybridized carbons (Fsp3) is 0.278. The topological polar surface area (TPSA) is 71.8 Å². The van der Waals surface area contributed by atoms with E-state index in [0.29, 0.717) is 13.1 Å². The highest BCUT2D eigenvalue weighted by Crippen LogP contribution is 2.11. The van der Waals surface area contributed by atoms with Crippen molar-refractivity contribution in [2.45, 2.75) is 26.4 Å². The van der Waals surface area contributed by atoms with Crippen molar-refractivity contribution in [1.29, 1.82) is 0 Å². The summed E-state index contributed by atoms with van der Waals surface area (Å²) in [4.78, 5) is 20.4. The van der Waals surface area contributed by atoms with Crippen molar-refractivity contribution in [3.05, 3.63) is 60.2 Å². The molecule has 6 heteroatoms. The van der Waals surface area contributed by atoms with Gasteiger partial charge in [0.05, 0.1) is 29.6 Å². The first kappa shape index (κ1) is 16.0. The highest BCUT2D eigenvalue weighted by Gasteiger charge is 2.04. The lowest BCUT2D eigenvalue weighted by molar-refractivity contribution is 0.240. The second-order valence-electron chi connectivity index (χ2n) is 5.66. The van der Waals surface area contributed by atoms with Crippen LogP contribution in [0, 0.1) is 6.92 Å². The minimum atomic E-state index is -0.171. The lowest BCUT2D eigenvalue weighted by atomic mass is 10.2. The fourth-order valence-corrected chi connectivity index (χ4v) is 2.57. The molecule has 0 saturated heterocycles. The van der Waals surface area contributed by atoms with E-state index in [1.165, 1.54) is 0 Å². The van der Waals surface area contributed by atoms with Crippen molar-refractivity contribution in [1.82, 2.24) is 25.2 Å². The van der Waals surface area contributed by atoms with E-state index in [0.717, 1.165) is 35.3 Å². The van der Waals surface area contributed by atoms with Gasteiger partial charge in [-0.3, -0.25) is 4.98 Å². The Morgan fingerprint density at radius 2 is 2.00 bits per heavy atom. The van der Waals surface area contributed by atoms with Gasteiger partial charge in [-0.25, -0.2) is 9.78 Å². The van der Waals surface area contributed by atoms with E-state index >= 15 is 0 Å². The van der Waals surface area contributed by atoms with Crippen LogP contribution >= 0.6 is 0 Å². The zero-order valence-corrected chi connectivity index (χ0v) is 13.7. The summed E-state index contributed by atoms with van der Waals surface area (Å²) < 4.78 is 2.10. The van der Waals surface area contributed by atoms with E-state index in [4.69, 9.17) is 0 Å². The smallest absolute Gasteiger partial charge is 0.315 e. The van der Waals surface area contributed by atoms with Gasteiger partial charge in [-0.2, -0.15) is 0 Å². The minimum Gasteiger partial charge on any atom is -0.338 e. The molecule has 2 N–H and O–H groups in total. The summed E-state index contributed by atoms with van der Waals surface area (Å²) in [7, 11) is 0. The number of imidazole rings is 1. The van der Waals surface area contributed by atoms with Gasteiger partial charge in [-0.05, 0) is 37.1 Å². The van der Waals surface area contributed by atoms with Gasteiger partial charge in [0.1, 0.15) is 0 Å². The third-order valence-electron chi connectivity index (χ3n) is 3.92. The van der Waals surface area contributed by atoms with Crippen molar-refractivity contribution >= 4 is 17.1 Å². The Morgan fingerprint density at radius 1 is 1.12 bits per heavy atom. The highest BCUT2D eigenvalue weighted by molar-refractivity contribution is 5.75. The zero-order valence-electron chi connectivity index (χ0n) is 13.7. The second-order valence-corrected chi connectivity index (χ2v) is 5.66. The Hall–Kier alpha value is -2.89. The van der Waals surface area contributed by atoms with Crippen LogP contribution in [0.5, 0.6) is 0 Å². The number of rotatable bonds is 6. The largest absolute Gasteiger partial charge is 0.338 e. The average molecular weight is 323 g/mol. The van der Waals surface area contributed by atoms with E-state index in [1.54, 1.807) is 6.20 Å². The monoisotopic (exact) mass is 323 g/mol. The Kier molecular flexibility index (Phi) is 5.05. The number of urea groups is 1. The van der Waals surface area contributed by atoms with Crippen molar-refractivity contribution in [3.63, 3.8) is 0 Å². The summed E-state index contributed by atoms with van der Waals surface area (Å²) in [5.74, 6) is 0. The summed E-state index contributed by atoms with van der Waals surface area (Å²) in [6, 6.07) is 11.7. The molecule has 0 bridgehead atoms. The summed E-state index contributed by atoms with van der Waals surface area (Å²) in [5, 5.41) is 5.70. The normalized spacial score (nSPS) is 10.7. The fourth-order valence-electron chi connectivity index (χ4n) is 2.57. The molecule has 0 unspecified atom stereocenters. The number of nitrogens with one attached hydrogen (secondary N) is 2. The van der Waals surface area contributed by atoms with Crippen LogP contribution in [0.1, 0.15) is 17.7 Å². The van der Waals surface area contributed by atoms with Crippen molar-refractivity contribution in [3.8, 4) is 0 Å². The molecule has 3 aromatic rings. The van der Waals surface area contributed by atoms with Crippen LogP contribution in [-0.4, -0.2) is 27.1 Å². The molecule has 6 nitrogen and oxygen atoms in total. The maximum atomic E-state index is 11.8. The molecule has 24 heavy (non-hydrogen) atoms. The second kappa shape index (κ2) is 7.59. The zero-order chi connectivity index (χ0) is 16.8. The number of aryl methyl sites for hydroxylation is 2. The molecule has 0 atom stereocenters. The number of nitrogens with zero attached hydrogens (tertiary/aromatic N) is 3. The SMILES string of the molecule is Cc1cccnc1CNC(=O)NCCCn1cnc2ccccc21. The number of carbonyl (C=O) groups is 1. The number of amides is 2.